The Morgan fingerprint density at radius 3 is 2.43 bits per heavy atom. The highest BCUT2D eigenvalue weighted by atomic mass is 35.5. The molecule has 0 saturated carbocycles. The standard InChI is InChI=1S/C26H25Cl2N3O5S/c27-18-10-12-22(13-11-18)37(34,35)31(20-6-3-5-19(28)15-20)17-25(32)30-24-9-2-1-8-23(24)26(33)29-16-21-7-4-14-36-21/h1-3,5-6,8-13,15,21H,4,7,14,16-17H2,(H,29,33)(H,30,32)/t21-/m1/s1. The molecule has 1 fully saturated rings. The molecule has 1 aliphatic rings. The third-order valence-electron chi connectivity index (χ3n) is 5.75. The molecule has 8 nitrogen and oxygen atoms in total. The molecule has 1 saturated heterocycles. The number of hydrogen-bond donors (Lipinski definition) is 2. The normalized spacial score (nSPS) is 15.2. The van der Waals surface area contributed by atoms with E-state index >= 15 is 0 Å². The van der Waals surface area contributed by atoms with Crippen LogP contribution in [-0.2, 0) is 19.6 Å². The van der Waals surface area contributed by atoms with E-state index in [9.17, 15) is 18.0 Å². The quantitative estimate of drug-likeness (QED) is 0.392. The maximum atomic E-state index is 13.5. The van der Waals surface area contributed by atoms with Crippen LogP contribution in [0.1, 0.15) is 23.2 Å². The lowest BCUT2D eigenvalue weighted by Crippen LogP contribution is -2.38. The summed E-state index contributed by atoms with van der Waals surface area (Å²) >= 11 is 12.0. The van der Waals surface area contributed by atoms with Crippen molar-refractivity contribution in [3.8, 4) is 0 Å². The van der Waals surface area contributed by atoms with Gasteiger partial charge in [0.1, 0.15) is 6.54 Å². The fourth-order valence-corrected chi connectivity index (χ4v) is 5.62. The van der Waals surface area contributed by atoms with Gasteiger partial charge in [0, 0.05) is 23.2 Å². The number of carbonyl (C=O) groups is 2. The Balaban J connectivity index is 1.55. The lowest BCUT2D eigenvalue weighted by atomic mass is 10.1. The molecule has 3 aromatic carbocycles. The SMILES string of the molecule is O=C(CN(c1cccc(Cl)c1)S(=O)(=O)c1ccc(Cl)cc1)Nc1ccccc1C(=O)NC[C@H]1CCCO1. The number of hydrogen-bond acceptors (Lipinski definition) is 5. The van der Waals surface area contributed by atoms with Crippen LogP contribution in [0.3, 0.4) is 0 Å². The lowest BCUT2D eigenvalue weighted by molar-refractivity contribution is -0.114. The van der Waals surface area contributed by atoms with Crippen molar-refractivity contribution in [3.05, 3.63) is 88.4 Å². The molecule has 0 spiro atoms. The van der Waals surface area contributed by atoms with Gasteiger partial charge in [-0.1, -0.05) is 41.4 Å². The van der Waals surface area contributed by atoms with Crippen LogP contribution in [0.5, 0.6) is 0 Å². The number of ether oxygens (including phenoxy) is 1. The molecule has 0 unspecified atom stereocenters. The van der Waals surface area contributed by atoms with Crippen LogP contribution in [0.15, 0.2) is 77.7 Å². The summed E-state index contributed by atoms with van der Waals surface area (Å²) in [6, 6.07) is 18.3. The Hall–Kier alpha value is -3.11. The second-order valence-corrected chi connectivity index (χ2v) is 11.1. The highest BCUT2D eigenvalue weighted by Gasteiger charge is 2.28. The van der Waals surface area contributed by atoms with E-state index in [1.165, 1.54) is 30.3 Å². The van der Waals surface area contributed by atoms with Crippen molar-refractivity contribution >= 4 is 56.4 Å². The molecule has 4 rings (SSSR count). The van der Waals surface area contributed by atoms with Crippen LogP contribution in [0.2, 0.25) is 10.0 Å². The predicted octanol–water partition coefficient (Wildman–Crippen LogP) is 4.74. The molecule has 0 aliphatic carbocycles. The van der Waals surface area contributed by atoms with Gasteiger partial charge < -0.3 is 15.4 Å². The van der Waals surface area contributed by atoms with Crippen molar-refractivity contribution in [3.63, 3.8) is 0 Å². The third kappa shape index (κ3) is 6.81. The van der Waals surface area contributed by atoms with Crippen LogP contribution in [0.25, 0.3) is 0 Å². The van der Waals surface area contributed by atoms with Crippen LogP contribution in [-0.4, -0.2) is 46.0 Å². The Morgan fingerprint density at radius 1 is 0.973 bits per heavy atom. The van der Waals surface area contributed by atoms with Crippen LogP contribution < -0.4 is 14.9 Å². The number of amides is 2. The fraction of sp³-hybridized carbons (Fsp3) is 0.231. The molecule has 194 valence electrons. The molecule has 0 aromatic heterocycles. The summed E-state index contributed by atoms with van der Waals surface area (Å²) in [5, 5.41) is 6.19. The van der Waals surface area contributed by atoms with Crippen molar-refractivity contribution in [2.24, 2.45) is 0 Å². The maximum absolute atomic E-state index is 13.5. The monoisotopic (exact) mass is 561 g/mol. The number of nitrogens with one attached hydrogen (secondary N) is 2. The minimum atomic E-state index is -4.16. The molecule has 0 bridgehead atoms. The van der Waals surface area contributed by atoms with Crippen molar-refractivity contribution in [1.29, 1.82) is 0 Å². The van der Waals surface area contributed by atoms with Crippen molar-refractivity contribution in [1.82, 2.24) is 5.32 Å². The van der Waals surface area contributed by atoms with Gasteiger partial charge in [-0.3, -0.25) is 13.9 Å². The summed E-state index contributed by atoms with van der Waals surface area (Å²) in [5.74, 6) is -1.01. The summed E-state index contributed by atoms with van der Waals surface area (Å²) in [7, 11) is -4.16. The van der Waals surface area contributed by atoms with Gasteiger partial charge in [0.2, 0.25) is 5.91 Å². The van der Waals surface area contributed by atoms with Gasteiger partial charge in [-0.2, -0.15) is 0 Å². The van der Waals surface area contributed by atoms with E-state index in [1.807, 2.05) is 0 Å². The number of rotatable bonds is 9. The summed E-state index contributed by atoms with van der Waals surface area (Å²) in [5.41, 5.74) is 0.719. The highest BCUT2D eigenvalue weighted by molar-refractivity contribution is 7.92. The van der Waals surface area contributed by atoms with Crippen LogP contribution >= 0.6 is 23.2 Å². The predicted molar refractivity (Wildman–Crippen MR) is 144 cm³/mol. The first-order valence-corrected chi connectivity index (χ1v) is 13.8. The third-order valence-corrected chi connectivity index (χ3v) is 8.02. The van der Waals surface area contributed by atoms with E-state index in [0.717, 1.165) is 17.1 Å². The summed E-state index contributed by atoms with van der Waals surface area (Å²) in [6.45, 7) is 0.482. The first kappa shape index (κ1) is 26.9. The molecule has 3 aromatic rings. The Bertz CT molecular complexity index is 1380. The second kappa shape index (κ2) is 12.0. The molecule has 1 heterocycles. The zero-order chi connectivity index (χ0) is 26.4. The minimum absolute atomic E-state index is 0.0324. The number of nitrogens with zero attached hydrogens (tertiary/aromatic N) is 1. The van der Waals surface area contributed by atoms with Gasteiger partial charge in [-0.05, 0) is 67.4 Å². The molecule has 0 radical (unpaired) electrons. The van der Waals surface area contributed by atoms with Crippen LogP contribution in [0.4, 0.5) is 11.4 Å². The van der Waals surface area contributed by atoms with E-state index in [0.29, 0.717) is 23.2 Å². The molecule has 37 heavy (non-hydrogen) atoms. The number of carbonyl (C=O) groups excluding carboxylic acids is 2. The van der Waals surface area contributed by atoms with Gasteiger partial charge in [0.05, 0.1) is 27.9 Å². The van der Waals surface area contributed by atoms with E-state index < -0.39 is 22.5 Å². The summed E-state index contributed by atoms with van der Waals surface area (Å²) in [4.78, 5) is 25.9. The smallest absolute Gasteiger partial charge is 0.264 e. The molecule has 1 aliphatic heterocycles. The van der Waals surface area contributed by atoms with E-state index in [1.54, 1.807) is 42.5 Å². The number of benzene rings is 3. The topological polar surface area (TPSA) is 105 Å². The molecule has 11 heteroatoms. The molecule has 1 atom stereocenters. The van der Waals surface area contributed by atoms with Crippen molar-refractivity contribution < 1.29 is 22.7 Å². The fourth-order valence-electron chi connectivity index (χ4n) is 3.90. The molecule has 2 amide bonds. The number of para-hydroxylation sites is 1. The second-order valence-electron chi connectivity index (χ2n) is 8.38. The van der Waals surface area contributed by atoms with Crippen molar-refractivity contribution in [2.45, 2.75) is 23.8 Å². The summed E-state index contributed by atoms with van der Waals surface area (Å²) < 4.78 is 33.5. The zero-order valence-electron chi connectivity index (χ0n) is 19.7. The molecular formula is C26H25Cl2N3O5S. The van der Waals surface area contributed by atoms with Crippen molar-refractivity contribution in [2.75, 3.05) is 29.3 Å². The first-order valence-electron chi connectivity index (χ1n) is 11.6. The minimum Gasteiger partial charge on any atom is -0.376 e. The molecule has 2 N–H and O–H groups in total. The van der Waals surface area contributed by atoms with Crippen LogP contribution in [0, 0.1) is 0 Å². The van der Waals surface area contributed by atoms with Gasteiger partial charge in [0.25, 0.3) is 15.9 Å². The maximum Gasteiger partial charge on any atom is 0.264 e. The number of anilines is 2. The first-order chi connectivity index (χ1) is 17.7. The van der Waals surface area contributed by atoms with Gasteiger partial charge >= 0.3 is 0 Å². The number of sulfonamides is 1. The average molecular weight is 562 g/mol. The van der Waals surface area contributed by atoms with E-state index in [4.69, 9.17) is 27.9 Å². The van der Waals surface area contributed by atoms with E-state index in [-0.39, 0.29) is 33.8 Å². The summed E-state index contributed by atoms with van der Waals surface area (Å²) in [6.07, 6.45) is 1.80. The Kier molecular flexibility index (Phi) is 8.71. The van der Waals surface area contributed by atoms with E-state index in [2.05, 4.69) is 10.6 Å². The average Bonchev–Trinajstić information content (AvgIpc) is 3.40. The number of halogens is 2. The largest absolute Gasteiger partial charge is 0.376 e. The van der Waals surface area contributed by atoms with Gasteiger partial charge in [-0.15, -0.1) is 0 Å². The Morgan fingerprint density at radius 2 is 1.73 bits per heavy atom. The zero-order valence-corrected chi connectivity index (χ0v) is 22.0. The highest BCUT2D eigenvalue weighted by Crippen LogP contribution is 2.27. The molecular weight excluding hydrogens is 537 g/mol. The van der Waals surface area contributed by atoms with Gasteiger partial charge in [0.15, 0.2) is 0 Å². The van der Waals surface area contributed by atoms with Gasteiger partial charge in [-0.25, -0.2) is 8.42 Å². The Labute approximate surface area is 225 Å². The lowest BCUT2D eigenvalue weighted by Gasteiger charge is -2.24.